The van der Waals surface area contributed by atoms with Crippen LogP contribution >= 0.6 is 0 Å². The van der Waals surface area contributed by atoms with Crippen molar-refractivity contribution >= 4 is 11.8 Å². The van der Waals surface area contributed by atoms with Gasteiger partial charge in [-0.25, -0.2) is 0 Å². The SMILES string of the molecule is Cc1cccc(CC(=O)N2CCC3(CCC(=O)N(C[C@@H]4CCCO4)C3)CC2)c1. The summed E-state index contributed by atoms with van der Waals surface area (Å²) < 4.78 is 5.75. The van der Waals surface area contributed by atoms with Gasteiger partial charge in [0.15, 0.2) is 0 Å². The highest BCUT2D eigenvalue weighted by Crippen LogP contribution is 2.40. The van der Waals surface area contributed by atoms with Gasteiger partial charge in [-0.05, 0) is 50.0 Å². The minimum Gasteiger partial charge on any atom is -0.376 e. The summed E-state index contributed by atoms with van der Waals surface area (Å²) in [4.78, 5) is 29.2. The Balaban J connectivity index is 1.32. The molecule has 3 saturated heterocycles. The van der Waals surface area contributed by atoms with Crippen LogP contribution in [0.1, 0.15) is 49.7 Å². The van der Waals surface area contributed by atoms with Crippen LogP contribution in [0.2, 0.25) is 0 Å². The summed E-state index contributed by atoms with van der Waals surface area (Å²) in [5.74, 6) is 0.502. The molecule has 0 aliphatic carbocycles. The molecule has 3 heterocycles. The van der Waals surface area contributed by atoms with E-state index in [2.05, 4.69) is 19.1 Å². The summed E-state index contributed by atoms with van der Waals surface area (Å²) in [7, 11) is 0. The molecule has 0 radical (unpaired) electrons. The predicted molar refractivity (Wildman–Crippen MR) is 108 cm³/mol. The summed E-state index contributed by atoms with van der Waals surface area (Å²) in [5.41, 5.74) is 2.48. The molecule has 152 valence electrons. The van der Waals surface area contributed by atoms with Crippen LogP contribution in [0.3, 0.4) is 0 Å². The second-order valence-corrected chi connectivity index (χ2v) is 8.96. The number of ether oxygens (including phenoxy) is 1. The smallest absolute Gasteiger partial charge is 0.226 e. The molecular formula is C23H32N2O3. The van der Waals surface area contributed by atoms with E-state index in [-0.39, 0.29) is 23.3 Å². The number of nitrogens with zero attached hydrogens (tertiary/aromatic N) is 2. The molecule has 5 nitrogen and oxygen atoms in total. The predicted octanol–water partition coefficient (Wildman–Crippen LogP) is 2.95. The Labute approximate surface area is 168 Å². The normalized spacial score (nSPS) is 24.8. The minimum atomic E-state index is 0.187. The molecule has 0 aromatic heterocycles. The fourth-order valence-corrected chi connectivity index (χ4v) is 5.05. The van der Waals surface area contributed by atoms with Crippen molar-refractivity contribution in [1.29, 1.82) is 0 Å². The third-order valence-corrected chi connectivity index (χ3v) is 6.81. The van der Waals surface area contributed by atoms with Crippen molar-refractivity contribution in [2.75, 3.05) is 32.8 Å². The van der Waals surface area contributed by atoms with E-state index < -0.39 is 0 Å². The van der Waals surface area contributed by atoms with E-state index in [1.807, 2.05) is 21.9 Å². The molecule has 4 rings (SSSR count). The van der Waals surface area contributed by atoms with Crippen LogP contribution in [0.5, 0.6) is 0 Å². The highest BCUT2D eigenvalue weighted by molar-refractivity contribution is 5.79. The fraction of sp³-hybridized carbons (Fsp3) is 0.652. The van der Waals surface area contributed by atoms with Gasteiger partial charge in [0.25, 0.3) is 0 Å². The van der Waals surface area contributed by atoms with Crippen LogP contribution in [0.15, 0.2) is 24.3 Å². The van der Waals surface area contributed by atoms with Crippen molar-refractivity contribution in [2.24, 2.45) is 5.41 Å². The van der Waals surface area contributed by atoms with Crippen molar-refractivity contribution in [3.05, 3.63) is 35.4 Å². The molecule has 2 amide bonds. The molecule has 3 fully saturated rings. The monoisotopic (exact) mass is 384 g/mol. The quantitative estimate of drug-likeness (QED) is 0.802. The average molecular weight is 385 g/mol. The molecule has 1 spiro atoms. The lowest BCUT2D eigenvalue weighted by atomic mass is 9.72. The number of carbonyl (C=O) groups is 2. The number of piperidine rings is 2. The third-order valence-electron chi connectivity index (χ3n) is 6.81. The number of likely N-dealkylation sites (tertiary alicyclic amines) is 2. The molecule has 0 N–H and O–H groups in total. The summed E-state index contributed by atoms with van der Waals surface area (Å²) in [6.07, 6.45) is 6.49. The Morgan fingerprint density at radius 2 is 2.07 bits per heavy atom. The van der Waals surface area contributed by atoms with Crippen LogP contribution in [0.4, 0.5) is 0 Å². The first-order chi connectivity index (χ1) is 13.5. The molecule has 0 bridgehead atoms. The maximum absolute atomic E-state index is 12.7. The molecular weight excluding hydrogens is 352 g/mol. The number of aryl methyl sites for hydroxylation is 1. The lowest BCUT2D eigenvalue weighted by molar-refractivity contribution is -0.143. The van der Waals surface area contributed by atoms with E-state index in [4.69, 9.17) is 4.74 Å². The van der Waals surface area contributed by atoms with Crippen LogP contribution < -0.4 is 0 Å². The standard InChI is InChI=1S/C23H32N2O3/c1-18-4-2-5-19(14-18)15-22(27)24-11-9-23(10-12-24)8-7-21(26)25(17-23)16-20-6-3-13-28-20/h2,4-5,14,20H,3,6-13,15-17H2,1H3/t20-/m0/s1. The number of hydrogen-bond acceptors (Lipinski definition) is 3. The maximum Gasteiger partial charge on any atom is 0.226 e. The van der Waals surface area contributed by atoms with E-state index in [9.17, 15) is 9.59 Å². The molecule has 3 aliphatic heterocycles. The Morgan fingerprint density at radius 1 is 1.25 bits per heavy atom. The van der Waals surface area contributed by atoms with Crippen LogP contribution in [-0.2, 0) is 20.7 Å². The van der Waals surface area contributed by atoms with Gasteiger partial charge in [0.1, 0.15) is 0 Å². The van der Waals surface area contributed by atoms with Gasteiger partial charge in [0, 0.05) is 39.2 Å². The zero-order valence-corrected chi connectivity index (χ0v) is 17.0. The van der Waals surface area contributed by atoms with Crippen molar-refractivity contribution in [3.63, 3.8) is 0 Å². The van der Waals surface area contributed by atoms with E-state index in [1.54, 1.807) is 0 Å². The van der Waals surface area contributed by atoms with Gasteiger partial charge >= 0.3 is 0 Å². The van der Waals surface area contributed by atoms with E-state index in [0.717, 1.165) is 70.5 Å². The average Bonchev–Trinajstić information content (AvgIpc) is 3.19. The number of hydrogen-bond donors (Lipinski definition) is 0. The highest BCUT2D eigenvalue weighted by Gasteiger charge is 2.42. The van der Waals surface area contributed by atoms with E-state index in [1.165, 1.54) is 5.56 Å². The van der Waals surface area contributed by atoms with Gasteiger partial charge in [0.2, 0.25) is 11.8 Å². The van der Waals surface area contributed by atoms with E-state index in [0.29, 0.717) is 12.8 Å². The van der Waals surface area contributed by atoms with Crippen LogP contribution in [0, 0.1) is 12.3 Å². The first-order valence-corrected chi connectivity index (χ1v) is 10.8. The first kappa shape index (κ1) is 19.4. The maximum atomic E-state index is 12.7. The highest BCUT2D eigenvalue weighted by atomic mass is 16.5. The Bertz CT molecular complexity index is 718. The molecule has 3 aliphatic rings. The third kappa shape index (κ3) is 4.40. The van der Waals surface area contributed by atoms with Crippen molar-refractivity contribution in [2.45, 2.75) is 58.0 Å². The number of carbonyl (C=O) groups excluding carboxylic acids is 2. The Kier molecular flexibility index (Phi) is 5.72. The topological polar surface area (TPSA) is 49.9 Å². The van der Waals surface area contributed by atoms with Gasteiger partial charge in [-0.3, -0.25) is 9.59 Å². The zero-order chi connectivity index (χ0) is 19.6. The van der Waals surface area contributed by atoms with Crippen molar-refractivity contribution in [1.82, 2.24) is 9.80 Å². The molecule has 1 aromatic rings. The van der Waals surface area contributed by atoms with Crippen molar-refractivity contribution < 1.29 is 14.3 Å². The number of benzene rings is 1. The molecule has 0 saturated carbocycles. The summed E-state index contributed by atoms with van der Waals surface area (Å²) in [6, 6.07) is 8.21. The molecule has 28 heavy (non-hydrogen) atoms. The van der Waals surface area contributed by atoms with Gasteiger partial charge in [-0.15, -0.1) is 0 Å². The fourth-order valence-electron chi connectivity index (χ4n) is 5.05. The second kappa shape index (κ2) is 8.24. The number of rotatable bonds is 4. The molecule has 1 aromatic carbocycles. The van der Waals surface area contributed by atoms with Crippen LogP contribution in [-0.4, -0.2) is 60.5 Å². The van der Waals surface area contributed by atoms with Gasteiger partial charge < -0.3 is 14.5 Å². The zero-order valence-electron chi connectivity index (χ0n) is 17.0. The Hall–Kier alpha value is -1.88. The van der Waals surface area contributed by atoms with Gasteiger partial charge in [-0.1, -0.05) is 29.8 Å². The molecule has 5 heteroatoms. The second-order valence-electron chi connectivity index (χ2n) is 8.96. The minimum absolute atomic E-state index is 0.187. The van der Waals surface area contributed by atoms with Crippen molar-refractivity contribution in [3.8, 4) is 0 Å². The van der Waals surface area contributed by atoms with Crippen LogP contribution in [0.25, 0.3) is 0 Å². The van der Waals surface area contributed by atoms with Gasteiger partial charge in [-0.2, -0.15) is 0 Å². The number of amides is 2. The molecule has 0 unspecified atom stereocenters. The first-order valence-electron chi connectivity index (χ1n) is 10.8. The lowest BCUT2D eigenvalue weighted by Crippen LogP contribution is -2.53. The summed E-state index contributed by atoms with van der Waals surface area (Å²) in [6.45, 7) is 6.10. The largest absolute Gasteiger partial charge is 0.376 e. The van der Waals surface area contributed by atoms with Gasteiger partial charge in [0.05, 0.1) is 12.5 Å². The van der Waals surface area contributed by atoms with E-state index >= 15 is 0 Å². The Morgan fingerprint density at radius 3 is 2.79 bits per heavy atom. The molecule has 1 atom stereocenters. The lowest BCUT2D eigenvalue weighted by Gasteiger charge is -2.47. The summed E-state index contributed by atoms with van der Waals surface area (Å²) >= 11 is 0. The summed E-state index contributed by atoms with van der Waals surface area (Å²) in [5, 5.41) is 0.